The van der Waals surface area contributed by atoms with Gasteiger partial charge in [-0.15, -0.1) is 0 Å². The molecule has 0 spiro atoms. The Labute approximate surface area is 329 Å². The van der Waals surface area contributed by atoms with E-state index in [1.165, 1.54) is 38.1 Å². The Morgan fingerprint density at radius 2 is 0.807 bits per heavy atom. The van der Waals surface area contributed by atoms with Crippen LogP contribution >= 0.6 is 0 Å². The maximum absolute atomic E-state index is 5.10. The van der Waals surface area contributed by atoms with Crippen LogP contribution in [-0.2, 0) is 0 Å². The van der Waals surface area contributed by atoms with Gasteiger partial charge >= 0.3 is 0 Å². The summed E-state index contributed by atoms with van der Waals surface area (Å²) in [4.78, 5) is 15.2. The highest BCUT2D eigenvalue weighted by atomic mass is 15.0. The highest BCUT2D eigenvalue weighted by Gasteiger charge is 2.21. The Morgan fingerprint density at radius 3 is 1.40 bits per heavy atom. The number of benzene rings is 8. The molecule has 5 nitrogen and oxygen atoms in total. The van der Waals surface area contributed by atoms with Crippen molar-refractivity contribution in [2.75, 3.05) is 0 Å². The lowest BCUT2D eigenvalue weighted by molar-refractivity contribution is 1.07. The molecule has 0 N–H and O–H groups in total. The molecule has 11 aromatic rings. The lowest BCUT2D eigenvalue weighted by Crippen LogP contribution is -2.02. The fourth-order valence-electron chi connectivity index (χ4n) is 8.32. The summed E-state index contributed by atoms with van der Waals surface area (Å²) in [6.07, 6.45) is 0. The van der Waals surface area contributed by atoms with Gasteiger partial charge in [0.15, 0.2) is 17.5 Å². The third-order valence-corrected chi connectivity index (χ3v) is 11.0. The lowest BCUT2D eigenvalue weighted by Gasteiger charge is -2.17. The van der Waals surface area contributed by atoms with E-state index in [1.54, 1.807) is 0 Å². The summed E-state index contributed by atoms with van der Waals surface area (Å²) in [5.74, 6) is 1.90. The summed E-state index contributed by atoms with van der Waals surface area (Å²) in [5, 5.41) is 4.90. The summed E-state index contributed by atoms with van der Waals surface area (Å²) in [6.45, 7) is 2.13. The Hall–Kier alpha value is -7.63. The van der Waals surface area contributed by atoms with E-state index in [0.717, 1.165) is 50.2 Å². The van der Waals surface area contributed by atoms with Crippen LogP contribution in [0, 0.1) is 6.92 Å². The van der Waals surface area contributed by atoms with E-state index in [9.17, 15) is 0 Å². The molecule has 8 aromatic carbocycles. The zero-order chi connectivity index (χ0) is 37.9. The average molecular weight is 730 g/mol. The molecular weight excluding hydrogens is 695 g/mol. The monoisotopic (exact) mass is 729 g/mol. The minimum atomic E-state index is 0.624. The summed E-state index contributed by atoms with van der Waals surface area (Å²) >= 11 is 0. The third-order valence-electron chi connectivity index (χ3n) is 11.0. The molecule has 57 heavy (non-hydrogen) atoms. The van der Waals surface area contributed by atoms with Gasteiger partial charge in [0.2, 0.25) is 0 Å². The van der Waals surface area contributed by atoms with Crippen molar-refractivity contribution in [1.29, 1.82) is 0 Å². The van der Waals surface area contributed by atoms with Crippen molar-refractivity contribution in [3.63, 3.8) is 0 Å². The van der Waals surface area contributed by atoms with Gasteiger partial charge in [-0.25, -0.2) is 15.0 Å². The Bertz CT molecular complexity index is 3210. The van der Waals surface area contributed by atoms with Gasteiger partial charge in [-0.1, -0.05) is 145 Å². The molecule has 0 fully saturated rings. The average Bonchev–Trinajstić information content (AvgIpc) is 3.78. The minimum absolute atomic E-state index is 0.624. The molecule has 0 radical (unpaired) electrons. The number of aromatic nitrogens is 5. The predicted molar refractivity (Wildman–Crippen MR) is 235 cm³/mol. The quantitative estimate of drug-likeness (QED) is 0.171. The number of hydrogen-bond acceptors (Lipinski definition) is 3. The van der Waals surface area contributed by atoms with E-state index in [1.807, 2.05) is 60.7 Å². The maximum atomic E-state index is 5.10. The first kappa shape index (κ1) is 32.8. The van der Waals surface area contributed by atoms with E-state index < -0.39 is 0 Å². The van der Waals surface area contributed by atoms with Gasteiger partial charge in [-0.05, 0) is 67.1 Å². The van der Waals surface area contributed by atoms with Crippen molar-refractivity contribution < 1.29 is 0 Å². The van der Waals surface area contributed by atoms with Crippen molar-refractivity contribution in [3.8, 4) is 56.7 Å². The minimum Gasteiger partial charge on any atom is -0.309 e. The second-order valence-electron chi connectivity index (χ2n) is 14.6. The van der Waals surface area contributed by atoms with Crippen molar-refractivity contribution in [2.24, 2.45) is 0 Å². The molecule has 0 atom stereocenters. The van der Waals surface area contributed by atoms with E-state index in [4.69, 9.17) is 15.0 Å². The van der Waals surface area contributed by atoms with Gasteiger partial charge in [0.05, 0.1) is 27.8 Å². The molecule has 3 heterocycles. The molecule has 0 amide bonds. The molecule has 0 aliphatic heterocycles. The number of nitrogens with zero attached hydrogens (tertiary/aromatic N) is 5. The highest BCUT2D eigenvalue weighted by molar-refractivity contribution is 6.19. The first-order chi connectivity index (χ1) is 28.2. The second kappa shape index (κ2) is 13.3. The van der Waals surface area contributed by atoms with Gasteiger partial charge in [0.1, 0.15) is 0 Å². The number of rotatable bonds is 6. The van der Waals surface area contributed by atoms with Crippen LogP contribution in [0.25, 0.3) is 100 Å². The fraction of sp³-hybridized carbons (Fsp3) is 0.0192. The van der Waals surface area contributed by atoms with Crippen LogP contribution in [0.15, 0.2) is 194 Å². The molecule has 0 saturated heterocycles. The molecule has 268 valence electrons. The molecular formula is C52H35N5. The van der Waals surface area contributed by atoms with Gasteiger partial charge in [-0.3, -0.25) is 0 Å². The summed E-state index contributed by atoms with van der Waals surface area (Å²) in [5.41, 5.74) is 13.1. The van der Waals surface area contributed by atoms with Crippen molar-refractivity contribution >= 4 is 43.6 Å². The molecule has 3 aromatic heterocycles. The Morgan fingerprint density at radius 1 is 0.333 bits per heavy atom. The maximum Gasteiger partial charge on any atom is 0.164 e. The summed E-state index contributed by atoms with van der Waals surface area (Å²) in [6, 6.07) is 68.7. The lowest BCUT2D eigenvalue weighted by atomic mass is 9.99. The molecule has 0 aliphatic rings. The second-order valence-corrected chi connectivity index (χ2v) is 14.6. The zero-order valence-electron chi connectivity index (χ0n) is 31.2. The predicted octanol–water partition coefficient (Wildman–Crippen LogP) is 13.0. The van der Waals surface area contributed by atoms with Gasteiger partial charge in [0, 0.05) is 49.5 Å². The summed E-state index contributed by atoms with van der Waals surface area (Å²) in [7, 11) is 0. The van der Waals surface area contributed by atoms with Gasteiger partial charge in [0.25, 0.3) is 0 Å². The largest absolute Gasteiger partial charge is 0.309 e. The van der Waals surface area contributed by atoms with Crippen molar-refractivity contribution in [2.45, 2.75) is 6.92 Å². The number of fused-ring (bicyclic) bond motifs is 6. The molecule has 0 aliphatic carbocycles. The standard InChI is InChI=1S/C52H35N5/c1-34-25-27-35(28-26-34)42-31-38(52-54-50(36-15-5-2-6-16-36)53-51(55-52)37-17-7-3-8-18-37)29-30-47(42)57-46-24-14-12-22-41(46)44-32-43-40-21-11-13-23-45(40)56(48(43)33-49(44)57)39-19-9-4-10-20-39/h2-33H,1H3. The Balaban J connectivity index is 1.19. The first-order valence-corrected chi connectivity index (χ1v) is 19.3. The van der Waals surface area contributed by atoms with Crippen LogP contribution < -0.4 is 0 Å². The van der Waals surface area contributed by atoms with Gasteiger partial charge in [-0.2, -0.15) is 0 Å². The van der Waals surface area contributed by atoms with Crippen molar-refractivity contribution in [1.82, 2.24) is 24.1 Å². The molecule has 5 heteroatoms. The van der Waals surface area contributed by atoms with Crippen LogP contribution in [0.2, 0.25) is 0 Å². The first-order valence-electron chi connectivity index (χ1n) is 19.3. The van der Waals surface area contributed by atoms with E-state index >= 15 is 0 Å². The van der Waals surface area contributed by atoms with E-state index in [0.29, 0.717) is 17.5 Å². The fourth-order valence-corrected chi connectivity index (χ4v) is 8.32. The van der Waals surface area contributed by atoms with Crippen LogP contribution in [0.1, 0.15) is 5.56 Å². The number of para-hydroxylation sites is 3. The third kappa shape index (κ3) is 5.51. The number of aryl methyl sites for hydroxylation is 1. The van der Waals surface area contributed by atoms with Crippen molar-refractivity contribution in [3.05, 3.63) is 200 Å². The Kier molecular flexibility index (Phi) is 7.64. The van der Waals surface area contributed by atoms with E-state index in [-0.39, 0.29) is 0 Å². The smallest absolute Gasteiger partial charge is 0.164 e. The van der Waals surface area contributed by atoms with Crippen LogP contribution in [0.3, 0.4) is 0 Å². The van der Waals surface area contributed by atoms with Crippen LogP contribution in [0.4, 0.5) is 0 Å². The van der Waals surface area contributed by atoms with Crippen LogP contribution in [0.5, 0.6) is 0 Å². The molecule has 11 rings (SSSR count). The molecule has 0 saturated carbocycles. The topological polar surface area (TPSA) is 48.5 Å². The van der Waals surface area contributed by atoms with E-state index in [2.05, 4.69) is 150 Å². The van der Waals surface area contributed by atoms with Gasteiger partial charge < -0.3 is 9.13 Å². The SMILES string of the molecule is Cc1ccc(-c2cc(-c3nc(-c4ccccc4)nc(-c4ccccc4)n3)ccc2-n2c3ccccc3c3cc4c5ccccc5n(-c5ccccc5)c4cc32)cc1. The summed E-state index contributed by atoms with van der Waals surface area (Å²) < 4.78 is 4.83. The molecule has 0 unspecified atom stereocenters. The zero-order valence-corrected chi connectivity index (χ0v) is 31.2. The normalized spacial score (nSPS) is 11.6. The van der Waals surface area contributed by atoms with Crippen LogP contribution in [-0.4, -0.2) is 24.1 Å². The highest BCUT2D eigenvalue weighted by Crippen LogP contribution is 2.42. The number of hydrogen-bond donors (Lipinski definition) is 0. The molecule has 0 bridgehead atoms.